The largest absolute Gasteiger partial charge is 0.436 e. The molecule has 238 valence electrons. The molecule has 2 aliphatic heterocycles. The molecule has 3 aliphatic rings. The summed E-state index contributed by atoms with van der Waals surface area (Å²) in [5.74, 6) is 0.779. The average molecular weight is 663 g/mol. The van der Waals surface area contributed by atoms with Crippen molar-refractivity contribution in [3.63, 3.8) is 0 Å². The van der Waals surface area contributed by atoms with Gasteiger partial charge in [0.1, 0.15) is 16.8 Å². The van der Waals surface area contributed by atoms with E-state index in [9.17, 15) is 0 Å². The number of rotatable bonds is 3. The van der Waals surface area contributed by atoms with Crippen LogP contribution >= 0.6 is 11.3 Å². The molecule has 0 bridgehead atoms. The highest BCUT2D eigenvalue weighted by molar-refractivity contribution is 7.25. The first-order chi connectivity index (χ1) is 24.6. The third kappa shape index (κ3) is 3.94. The molecule has 8 aromatic rings. The second-order valence-corrected chi connectivity index (χ2v) is 14.8. The van der Waals surface area contributed by atoms with Crippen molar-refractivity contribution in [2.45, 2.75) is 18.8 Å². The standard InChI is InChI=1S/C44H30N4OS/c1-44-24-29-10-3-2-9-26(29)23-39(44)48(35-14-6-5-13-34(35)44)42-40(28-17-18-32-31-12-4-7-15-37(31)50-38(32)22-28)46-41-33-19-16-27(30-11-8-20-45-25-30)21-36(33)49-43(41)47-42/h2-19,21-23,25,45H,20,24H2,1H3. The maximum absolute atomic E-state index is 6.60. The van der Waals surface area contributed by atoms with Crippen LogP contribution in [0.4, 0.5) is 11.5 Å². The van der Waals surface area contributed by atoms with Gasteiger partial charge in [-0.15, -0.1) is 11.3 Å². The van der Waals surface area contributed by atoms with E-state index in [2.05, 4.69) is 151 Å². The van der Waals surface area contributed by atoms with Crippen LogP contribution in [0.2, 0.25) is 0 Å². The lowest BCUT2D eigenvalue weighted by molar-refractivity contribution is 0.566. The predicted octanol–water partition coefficient (Wildman–Crippen LogP) is 10.9. The third-order valence-electron chi connectivity index (χ3n) is 10.7. The van der Waals surface area contributed by atoms with Gasteiger partial charge in [-0.25, -0.2) is 4.98 Å². The summed E-state index contributed by atoms with van der Waals surface area (Å²) in [5.41, 5.74) is 12.2. The van der Waals surface area contributed by atoms with E-state index < -0.39 is 0 Å². The topological polar surface area (TPSA) is 54.2 Å². The zero-order chi connectivity index (χ0) is 33.0. The van der Waals surface area contributed by atoms with Crippen molar-refractivity contribution < 1.29 is 4.42 Å². The van der Waals surface area contributed by atoms with Crippen LogP contribution in [0.15, 0.2) is 138 Å². The first kappa shape index (κ1) is 27.9. The molecule has 5 heterocycles. The van der Waals surface area contributed by atoms with Crippen molar-refractivity contribution in [3.05, 3.63) is 155 Å². The van der Waals surface area contributed by atoms with E-state index in [0.717, 1.165) is 63.4 Å². The maximum atomic E-state index is 6.60. The van der Waals surface area contributed by atoms with Crippen molar-refractivity contribution in [2.24, 2.45) is 0 Å². The van der Waals surface area contributed by atoms with Crippen molar-refractivity contribution in [1.82, 2.24) is 15.3 Å². The Kier molecular flexibility index (Phi) is 5.73. The van der Waals surface area contributed by atoms with Crippen LogP contribution < -0.4 is 10.2 Å². The number of anilines is 2. The van der Waals surface area contributed by atoms with Gasteiger partial charge in [0, 0.05) is 55.0 Å². The number of thiophene rings is 1. The quantitative estimate of drug-likeness (QED) is 0.204. The van der Waals surface area contributed by atoms with Crippen LogP contribution in [0.5, 0.6) is 0 Å². The number of furan rings is 1. The lowest BCUT2D eigenvalue weighted by Gasteiger charge is -2.34. The summed E-state index contributed by atoms with van der Waals surface area (Å²) in [4.78, 5) is 13.3. The molecule has 1 atom stereocenters. The van der Waals surface area contributed by atoms with E-state index in [1.54, 1.807) is 0 Å². The molecule has 0 spiro atoms. The monoisotopic (exact) mass is 662 g/mol. The molecule has 1 N–H and O–H groups in total. The fourth-order valence-corrected chi connectivity index (χ4v) is 9.41. The lowest BCUT2D eigenvalue weighted by atomic mass is 9.72. The Labute approximate surface area is 292 Å². The number of nitrogens with one attached hydrogen (secondary N) is 1. The van der Waals surface area contributed by atoms with Crippen LogP contribution in [0.1, 0.15) is 29.2 Å². The summed E-state index contributed by atoms with van der Waals surface area (Å²) in [6, 6.07) is 39.3. The van der Waals surface area contributed by atoms with Gasteiger partial charge in [0.05, 0.1) is 5.69 Å². The third-order valence-corrected chi connectivity index (χ3v) is 11.8. The molecule has 3 aromatic heterocycles. The van der Waals surface area contributed by atoms with E-state index in [4.69, 9.17) is 14.4 Å². The molecule has 11 rings (SSSR count). The van der Waals surface area contributed by atoms with Crippen molar-refractivity contribution >= 4 is 76.9 Å². The number of dihydropyridines is 1. The molecule has 5 nitrogen and oxygen atoms in total. The van der Waals surface area contributed by atoms with Crippen LogP contribution in [-0.2, 0) is 11.8 Å². The first-order valence-electron chi connectivity index (χ1n) is 17.1. The maximum Gasteiger partial charge on any atom is 0.248 e. The molecule has 0 saturated carbocycles. The molecule has 0 amide bonds. The van der Waals surface area contributed by atoms with Gasteiger partial charge in [0.15, 0.2) is 5.82 Å². The fraction of sp³-hybridized carbons (Fsp3) is 0.0909. The lowest BCUT2D eigenvalue weighted by Crippen LogP contribution is -2.31. The number of nitrogens with zero attached hydrogens (tertiary/aromatic N) is 3. The Morgan fingerprint density at radius 2 is 1.62 bits per heavy atom. The van der Waals surface area contributed by atoms with Gasteiger partial charge in [-0.3, -0.25) is 4.90 Å². The SMILES string of the molecule is CC12Cc3ccccc3C=C1N(c1nc3oc4cc(C5=CNCC=C5)ccc4c3nc1-c1ccc3c(c1)sc1ccccc13)c1ccccc12. The minimum atomic E-state index is -0.230. The Morgan fingerprint density at radius 1 is 0.800 bits per heavy atom. The van der Waals surface area contributed by atoms with Crippen molar-refractivity contribution in [1.29, 1.82) is 0 Å². The Hall–Kier alpha value is -5.98. The predicted molar refractivity (Wildman–Crippen MR) is 207 cm³/mol. The van der Waals surface area contributed by atoms with Crippen LogP contribution in [0, 0.1) is 0 Å². The number of allylic oxidation sites excluding steroid dienone is 3. The van der Waals surface area contributed by atoms with Gasteiger partial charge in [-0.2, -0.15) is 4.98 Å². The first-order valence-corrected chi connectivity index (χ1v) is 17.9. The summed E-state index contributed by atoms with van der Waals surface area (Å²) in [6.45, 7) is 3.21. The fourth-order valence-electron chi connectivity index (χ4n) is 8.27. The Bertz CT molecular complexity index is 2840. The zero-order valence-electron chi connectivity index (χ0n) is 27.3. The Balaban J connectivity index is 1.19. The summed E-state index contributed by atoms with van der Waals surface area (Å²) in [7, 11) is 0. The van der Waals surface area contributed by atoms with Gasteiger partial charge in [0.25, 0.3) is 0 Å². The molecule has 6 heteroatoms. The molecule has 0 fully saturated rings. The van der Waals surface area contributed by atoms with E-state index in [0.29, 0.717) is 5.71 Å². The van der Waals surface area contributed by atoms with Gasteiger partial charge in [-0.05, 0) is 77.6 Å². The van der Waals surface area contributed by atoms with Crippen LogP contribution in [0.3, 0.4) is 0 Å². The summed E-state index contributed by atoms with van der Waals surface area (Å²) in [5, 5.41) is 6.82. The van der Waals surface area contributed by atoms with E-state index in [1.807, 2.05) is 11.3 Å². The summed E-state index contributed by atoms with van der Waals surface area (Å²) in [6.07, 6.45) is 9.60. The average Bonchev–Trinajstić information content (AvgIpc) is 3.79. The molecule has 50 heavy (non-hydrogen) atoms. The summed E-state index contributed by atoms with van der Waals surface area (Å²) < 4.78 is 9.12. The molecule has 5 aromatic carbocycles. The Morgan fingerprint density at radius 3 is 2.56 bits per heavy atom. The number of fused-ring (bicyclic) bond motifs is 10. The minimum Gasteiger partial charge on any atom is -0.436 e. The highest BCUT2D eigenvalue weighted by atomic mass is 32.1. The molecule has 0 radical (unpaired) electrons. The van der Waals surface area contributed by atoms with Gasteiger partial charge in [0.2, 0.25) is 5.71 Å². The highest BCUT2D eigenvalue weighted by Gasteiger charge is 2.47. The number of para-hydroxylation sites is 1. The van der Waals surface area contributed by atoms with E-state index >= 15 is 0 Å². The summed E-state index contributed by atoms with van der Waals surface area (Å²) >= 11 is 1.82. The molecular formula is C44H30N4OS. The van der Waals surface area contributed by atoms with E-state index in [1.165, 1.54) is 42.6 Å². The number of benzene rings is 5. The molecule has 1 unspecified atom stereocenters. The second-order valence-electron chi connectivity index (χ2n) is 13.7. The van der Waals surface area contributed by atoms with E-state index in [-0.39, 0.29) is 5.41 Å². The van der Waals surface area contributed by atoms with Crippen LogP contribution in [-0.4, -0.2) is 16.5 Å². The van der Waals surface area contributed by atoms with Crippen molar-refractivity contribution in [2.75, 3.05) is 11.4 Å². The normalized spacial score (nSPS) is 17.9. The van der Waals surface area contributed by atoms with Gasteiger partial charge < -0.3 is 9.73 Å². The van der Waals surface area contributed by atoms with Gasteiger partial charge in [-0.1, -0.05) is 91.0 Å². The minimum absolute atomic E-state index is 0.230. The number of aromatic nitrogens is 2. The van der Waals surface area contributed by atoms with Crippen molar-refractivity contribution in [3.8, 4) is 11.3 Å². The number of hydrogen-bond donors (Lipinski definition) is 1. The smallest absolute Gasteiger partial charge is 0.248 e. The molecule has 0 saturated heterocycles. The van der Waals surface area contributed by atoms with Gasteiger partial charge >= 0.3 is 0 Å². The number of hydrogen-bond acceptors (Lipinski definition) is 6. The molecular weight excluding hydrogens is 633 g/mol. The second kappa shape index (κ2) is 10.3. The highest BCUT2D eigenvalue weighted by Crippen LogP contribution is 2.56. The van der Waals surface area contributed by atoms with Crippen LogP contribution in [0.25, 0.3) is 65.3 Å². The molecule has 1 aliphatic carbocycles. The zero-order valence-corrected chi connectivity index (χ0v) is 28.1.